The minimum atomic E-state index is 0.592. The van der Waals surface area contributed by atoms with Crippen LogP contribution in [-0.4, -0.2) is 24.8 Å². The Morgan fingerprint density at radius 3 is 2.67 bits per heavy atom. The van der Waals surface area contributed by atoms with Gasteiger partial charge in [-0.2, -0.15) is 0 Å². The molecule has 0 aliphatic heterocycles. The first-order valence-corrected chi connectivity index (χ1v) is 8.98. The van der Waals surface area contributed by atoms with Crippen LogP contribution in [0.4, 0.5) is 0 Å². The van der Waals surface area contributed by atoms with Gasteiger partial charge in [0, 0.05) is 9.90 Å². The number of aromatic nitrogens is 5. The Morgan fingerprint density at radius 2 is 1.96 bits per heavy atom. The third-order valence-electron chi connectivity index (χ3n) is 3.43. The first kappa shape index (κ1) is 15.4. The summed E-state index contributed by atoms with van der Waals surface area (Å²) in [5, 5.41) is 10.2. The number of aryl methyl sites for hydroxylation is 1. The van der Waals surface area contributed by atoms with E-state index < -0.39 is 0 Å². The Balaban J connectivity index is 1.77. The van der Waals surface area contributed by atoms with Crippen LogP contribution in [-0.2, 0) is 0 Å². The molecule has 0 aliphatic carbocycles. The van der Waals surface area contributed by atoms with Gasteiger partial charge in [0.05, 0.1) is 10.2 Å². The van der Waals surface area contributed by atoms with Crippen molar-refractivity contribution in [3.63, 3.8) is 0 Å². The number of halogens is 1. The van der Waals surface area contributed by atoms with E-state index in [9.17, 15) is 0 Å². The van der Waals surface area contributed by atoms with Gasteiger partial charge in [-0.05, 0) is 42.4 Å². The average molecular weight is 375 g/mol. The molecule has 0 saturated carbocycles. The van der Waals surface area contributed by atoms with Crippen LogP contribution in [0.2, 0.25) is 5.02 Å². The first-order valence-electron chi connectivity index (χ1n) is 6.97. The molecular weight excluding hydrogens is 364 g/mol. The lowest BCUT2D eigenvalue weighted by Crippen LogP contribution is -2.11. The number of nitrogens with two attached hydrogens (primary N) is 1. The molecule has 0 bridgehead atoms. The monoisotopic (exact) mass is 374 g/mol. The molecule has 120 valence electrons. The number of nitrogens with zero attached hydrogens (tertiary/aromatic N) is 5. The third kappa shape index (κ3) is 2.72. The fraction of sp³-hybridized carbons (Fsp3) is 0.0667. The van der Waals surface area contributed by atoms with Crippen molar-refractivity contribution in [2.75, 3.05) is 5.84 Å². The molecule has 1 aromatic carbocycles. The normalized spacial score (nSPS) is 11.2. The molecule has 4 rings (SSSR count). The van der Waals surface area contributed by atoms with E-state index in [-0.39, 0.29) is 0 Å². The molecule has 9 heteroatoms. The molecule has 6 nitrogen and oxygen atoms in total. The van der Waals surface area contributed by atoms with E-state index in [4.69, 9.17) is 17.4 Å². The van der Waals surface area contributed by atoms with E-state index in [1.807, 2.05) is 30.3 Å². The van der Waals surface area contributed by atoms with Crippen LogP contribution in [0.3, 0.4) is 0 Å². The van der Waals surface area contributed by atoms with Crippen LogP contribution in [0.15, 0.2) is 46.8 Å². The highest BCUT2D eigenvalue weighted by molar-refractivity contribution is 7.99. The third-order valence-corrected chi connectivity index (χ3v) is 5.96. The summed E-state index contributed by atoms with van der Waals surface area (Å²) in [4.78, 5) is 9.84. The number of hydrogen-bond donors (Lipinski definition) is 1. The molecule has 4 aromatic rings. The van der Waals surface area contributed by atoms with Crippen LogP contribution in [0.1, 0.15) is 5.82 Å². The van der Waals surface area contributed by atoms with Crippen LogP contribution in [0, 0.1) is 6.92 Å². The number of thiophene rings is 1. The zero-order valence-electron chi connectivity index (χ0n) is 12.5. The molecule has 24 heavy (non-hydrogen) atoms. The molecule has 3 heterocycles. The Morgan fingerprint density at radius 1 is 1.17 bits per heavy atom. The van der Waals surface area contributed by atoms with E-state index in [0.29, 0.717) is 16.0 Å². The van der Waals surface area contributed by atoms with E-state index >= 15 is 0 Å². The molecule has 3 aromatic heterocycles. The maximum atomic E-state index is 5.96. The maximum Gasteiger partial charge on any atom is 0.216 e. The Labute approximate surface area is 150 Å². The number of rotatable bonds is 3. The van der Waals surface area contributed by atoms with E-state index in [0.717, 1.165) is 25.7 Å². The largest absolute Gasteiger partial charge is 0.336 e. The van der Waals surface area contributed by atoms with Gasteiger partial charge in [-0.1, -0.05) is 23.7 Å². The number of hydrogen-bond acceptors (Lipinski definition) is 7. The van der Waals surface area contributed by atoms with Crippen molar-refractivity contribution in [1.82, 2.24) is 24.8 Å². The minimum Gasteiger partial charge on any atom is -0.336 e. The highest BCUT2D eigenvalue weighted by atomic mass is 35.5. The van der Waals surface area contributed by atoms with Crippen molar-refractivity contribution in [2.24, 2.45) is 0 Å². The standard InChI is InChI=1S/C15H11ClN6S2/c1-8-20-21-15(22(8)17)24-14-13-11(18-7-19-14)6-12(23-13)9-2-4-10(16)5-3-9/h2-7H,17H2,1H3. The van der Waals surface area contributed by atoms with Gasteiger partial charge in [0.25, 0.3) is 0 Å². The fourth-order valence-electron chi connectivity index (χ4n) is 2.17. The SMILES string of the molecule is Cc1nnc(Sc2ncnc3cc(-c4ccc(Cl)cc4)sc23)n1N. The van der Waals surface area contributed by atoms with Gasteiger partial charge < -0.3 is 5.84 Å². The zero-order valence-corrected chi connectivity index (χ0v) is 14.9. The molecule has 0 saturated heterocycles. The van der Waals surface area contributed by atoms with Gasteiger partial charge in [0.2, 0.25) is 5.16 Å². The molecule has 0 spiro atoms. The average Bonchev–Trinajstić information content (AvgIpc) is 3.15. The maximum absolute atomic E-state index is 5.96. The predicted molar refractivity (Wildman–Crippen MR) is 96.9 cm³/mol. The molecule has 0 amide bonds. The lowest BCUT2D eigenvalue weighted by atomic mass is 10.2. The Kier molecular flexibility index (Phi) is 3.87. The van der Waals surface area contributed by atoms with Crippen LogP contribution < -0.4 is 5.84 Å². The predicted octanol–water partition coefficient (Wildman–Crippen LogP) is 3.78. The van der Waals surface area contributed by atoms with Crippen LogP contribution in [0.25, 0.3) is 20.7 Å². The Bertz CT molecular complexity index is 1020. The summed E-state index contributed by atoms with van der Waals surface area (Å²) in [7, 11) is 0. The number of fused-ring (bicyclic) bond motifs is 1. The summed E-state index contributed by atoms with van der Waals surface area (Å²) in [6.45, 7) is 1.80. The smallest absolute Gasteiger partial charge is 0.216 e. The van der Waals surface area contributed by atoms with Gasteiger partial charge >= 0.3 is 0 Å². The molecule has 0 radical (unpaired) electrons. The van der Waals surface area contributed by atoms with E-state index in [1.165, 1.54) is 16.4 Å². The summed E-state index contributed by atoms with van der Waals surface area (Å²) in [6.07, 6.45) is 1.55. The summed E-state index contributed by atoms with van der Waals surface area (Å²) < 4.78 is 2.44. The van der Waals surface area contributed by atoms with Crippen molar-refractivity contribution in [2.45, 2.75) is 17.1 Å². The van der Waals surface area contributed by atoms with Gasteiger partial charge in [0.1, 0.15) is 17.2 Å². The quantitative estimate of drug-likeness (QED) is 0.434. The Hall–Kier alpha value is -2.16. The molecular formula is C15H11ClN6S2. The van der Waals surface area contributed by atoms with Crippen LogP contribution in [0.5, 0.6) is 0 Å². The van der Waals surface area contributed by atoms with Gasteiger partial charge in [-0.15, -0.1) is 21.5 Å². The van der Waals surface area contributed by atoms with Crippen molar-refractivity contribution >= 4 is 44.9 Å². The lowest BCUT2D eigenvalue weighted by molar-refractivity contribution is 0.824. The molecule has 2 N–H and O–H groups in total. The minimum absolute atomic E-state index is 0.592. The van der Waals surface area contributed by atoms with Crippen molar-refractivity contribution in [1.29, 1.82) is 0 Å². The highest BCUT2D eigenvalue weighted by Gasteiger charge is 2.15. The van der Waals surface area contributed by atoms with E-state index in [1.54, 1.807) is 24.6 Å². The second-order valence-corrected chi connectivity index (χ2v) is 7.46. The summed E-state index contributed by atoms with van der Waals surface area (Å²) in [6, 6.07) is 9.79. The molecule has 0 fully saturated rings. The number of benzene rings is 1. The summed E-state index contributed by atoms with van der Waals surface area (Å²) >= 11 is 8.97. The lowest BCUT2D eigenvalue weighted by Gasteiger charge is -2.01. The molecule has 0 aliphatic rings. The molecule has 0 unspecified atom stereocenters. The summed E-state index contributed by atoms with van der Waals surface area (Å²) in [5.41, 5.74) is 1.98. The fourth-order valence-corrected chi connectivity index (χ4v) is 4.33. The highest BCUT2D eigenvalue weighted by Crippen LogP contribution is 2.38. The van der Waals surface area contributed by atoms with Crippen molar-refractivity contribution in [3.05, 3.63) is 47.5 Å². The number of nitrogen functional groups attached to an aromatic ring is 1. The van der Waals surface area contributed by atoms with Crippen molar-refractivity contribution in [3.8, 4) is 10.4 Å². The topological polar surface area (TPSA) is 82.5 Å². The van der Waals surface area contributed by atoms with Gasteiger partial charge in [-0.3, -0.25) is 0 Å². The van der Waals surface area contributed by atoms with E-state index in [2.05, 4.69) is 20.2 Å². The second-order valence-electron chi connectivity index (χ2n) is 5.01. The summed E-state index contributed by atoms with van der Waals surface area (Å²) in [5.74, 6) is 6.57. The van der Waals surface area contributed by atoms with Crippen LogP contribution >= 0.6 is 34.7 Å². The second kappa shape index (κ2) is 6.04. The van der Waals surface area contributed by atoms with Gasteiger partial charge in [0.15, 0.2) is 0 Å². The molecule has 0 atom stereocenters. The van der Waals surface area contributed by atoms with Crippen molar-refractivity contribution < 1.29 is 0 Å². The first-order chi connectivity index (χ1) is 11.6. The zero-order chi connectivity index (χ0) is 16.7. The van der Waals surface area contributed by atoms with Gasteiger partial charge in [-0.25, -0.2) is 14.6 Å².